The first-order valence-corrected chi connectivity index (χ1v) is 7.70. The van der Waals surface area contributed by atoms with Crippen LogP contribution in [0.3, 0.4) is 0 Å². The van der Waals surface area contributed by atoms with Crippen molar-refractivity contribution in [3.05, 3.63) is 54.1 Å². The van der Waals surface area contributed by atoms with Gasteiger partial charge in [0.15, 0.2) is 9.79 Å². The minimum atomic E-state index is -1.07. The van der Waals surface area contributed by atoms with E-state index in [4.69, 9.17) is 0 Å². The van der Waals surface area contributed by atoms with E-state index in [1.54, 1.807) is 11.8 Å². The largest absolute Gasteiger partial charge is 0.606 e. The van der Waals surface area contributed by atoms with Gasteiger partial charge in [-0.2, -0.15) is 0 Å². The molecule has 88 valence electrons. The maximum absolute atomic E-state index is 12.3. The number of aryl methyl sites for hydroxylation is 1. The van der Waals surface area contributed by atoms with Crippen molar-refractivity contribution in [3.63, 3.8) is 0 Å². The first-order chi connectivity index (χ1) is 8.20. The fourth-order valence-electron chi connectivity index (χ4n) is 1.50. The summed E-state index contributed by atoms with van der Waals surface area (Å²) in [6, 6.07) is 15.7. The zero-order valence-electron chi connectivity index (χ0n) is 9.84. The van der Waals surface area contributed by atoms with Gasteiger partial charge in [-0.3, -0.25) is 0 Å². The van der Waals surface area contributed by atoms with Crippen LogP contribution in [0.2, 0.25) is 0 Å². The lowest BCUT2D eigenvalue weighted by Crippen LogP contribution is -2.01. The predicted molar refractivity (Wildman–Crippen MR) is 74.1 cm³/mol. The normalized spacial score (nSPS) is 12.4. The second kappa shape index (κ2) is 5.63. The van der Waals surface area contributed by atoms with Crippen LogP contribution in [0, 0.1) is 6.92 Å². The molecule has 1 unspecified atom stereocenters. The van der Waals surface area contributed by atoms with Gasteiger partial charge >= 0.3 is 0 Å². The van der Waals surface area contributed by atoms with Crippen molar-refractivity contribution in [2.45, 2.75) is 21.6 Å². The van der Waals surface area contributed by atoms with E-state index in [0.29, 0.717) is 0 Å². The summed E-state index contributed by atoms with van der Waals surface area (Å²) >= 11 is 0.613. The molecule has 0 fully saturated rings. The third kappa shape index (κ3) is 3.06. The van der Waals surface area contributed by atoms with Crippen LogP contribution in [0.1, 0.15) is 5.56 Å². The molecule has 0 spiro atoms. The highest BCUT2D eigenvalue weighted by molar-refractivity contribution is 7.98. The number of hydrogen-bond acceptors (Lipinski definition) is 2. The molecule has 1 nitrogen and oxygen atoms in total. The average molecular weight is 262 g/mol. The Morgan fingerprint density at radius 3 is 1.82 bits per heavy atom. The molecule has 2 rings (SSSR count). The first-order valence-electron chi connectivity index (χ1n) is 5.33. The maximum atomic E-state index is 12.3. The number of benzene rings is 2. The van der Waals surface area contributed by atoms with Crippen molar-refractivity contribution in [3.8, 4) is 0 Å². The van der Waals surface area contributed by atoms with Gasteiger partial charge in [-0.05, 0) is 49.6 Å². The molecule has 0 aliphatic carbocycles. The number of rotatable bonds is 3. The SMILES string of the molecule is CSc1ccc([S+]([O-])c2ccc(C)cc2)cc1. The molecular formula is C14H14OS2. The van der Waals surface area contributed by atoms with Gasteiger partial charge in [0.2, 0.25) is 0 Å². The van der Waals surface area contributed by atoms with Crippen LogP contribution in [-0.2, 0) is 11.2 Å². The Labute approximate surface area is 109 Å². The van der Waals surface area contributed by atoms with E-state index >= 15 is 0 Å². The van der Waals surface area contributed by atoms with Crippen molar-refractivity contribution in [2.24, 2.45) is 0 Å². The van der Waals surface area contributed by atoms with Gasteiger partial charge in [0.25, 0.3) is 0 Å². The zero-order chi connectivity index (χ0) is 12.3. The molecule has 0 aliphatic rings. The van der Waals surface area contributed by atoms with E-state index in [9.17, 15) is 4.55 Å². The molecule has 0 aromatic heterocycles. The zero-order valence-corrected chi connectivity index (χ0v) is 11.5. The average Bonchev–Trinajstić information content (AvgIpc) is 2.39. The summed E-state index contributed by atoms with van der Waals surface area (Å²) in [5.74, 6) is 0. The fourth-order valence-corrected chi connectivity index (χ4v) is 2.94. The second-order valence-electron chi connectivity index (χ2n) is 3.76. The Morgan fingerprint density at radius 2 is 1.35 bits per heavy atom. The van der Waals surface area contributed by atoms with Gasteiger partial charge in [0, 0.05) is 16.1 Å². The summed E-state index contributed by atoms with van der Waals surface area (Å²) in [6.07, 6.45) is 2.03. The van der Waals surface area contributed by atoms with Gasteiger partial charge in [0.1, 0.15) is 0 Å². The van der Waals surface area contributed by atoms with Gasteiger partial charge in [-0.15, -0.1) is 11.8 Å². The number of thioether (sulfide) groups is 1. The van der Waals surface area contributed by atoms with Gasteiger partial charge in [0.05, 0.1) is 0 Å². The topological polar surface area (TPSA) is 23.1 Å². The monoisotopic (exact) mass is 262 g/mol. The molecule has 2 aromatic carbocycles. The molecule has 0 aliphatic heterocycles. The molecule has 0 bridgehead atoms. The summed E-state index contributed by atoms with van der Waals surface area (Å²) in [6.45, 7) is 2.03. The molecule has 1 atom stereocenters. The van der Waals surface area contributed by atoms with Crippen LogP contribution in [0.15, 0.2) is 63.2 Å². The highest BCUT2D eigenvalue weighted by atomic mass is 32.2. The summed E-state index contributed by atoms with van der Waals surface area (Å²) in [4.78, 5) is 2.90. The Hall–Kier alpha value is -0.900. The molecule has 0 saturated heterocycles. The molecule has 0 amide bonds. The third-order valence-corrected chi connectivity index (χ3v) is 4.65. The lowest BCUT2D eigenvalue weighted by Gasteiger charge is -2.10. The quantitative estimate of drug-likeness (QED) is 0.619. The van der Waals surface area contributed by atoms with Crippen molar-refractivity contribution in [1.82, 2.24) is 0 Å². The van der Waals surface area contributed by atoms with Gasteiger partial charge in [-0.1, -0.05) is 17.7 Å². The second-order valence-corrected chi connectivity index (χ2v) is 6.12. The van der Waals surface area contributed by atoms with E-state index in [2.05, 4.69) is 0 Å². The molecule has 17 heavy (non-hydrogen) atoms. The summed E-state index contributed by atoms with van der Waals surface area (Å²) in [7, 11) is 0. The standard InChI is InChI=1S/C14H14OS2/c1-11-3-7-13(8-4-11)17(15)14-9-5-12(16-2)6-10-14/h3-10H,1-2H3. The molecule has 0 heterocycles. The minimum absolute atomic E-state index is 0.853. The summed E-state index contributed by atoms with van der Waals surface area (Å²) < 4.78 is 12.3. The summed E-state index contributed by atoms with van der Waals surface area (Å²) in [5.41, 5.74) is 1.18. The maximum Gasteiger partial charge on any atom is 0.158 e. The minimum Gasteiger partial charge on any atom is -0.606 e. The first kappa shape index (κ1) is 12.6. The van der Waals surface area contributed by atoms with E-state index in [1.165, 1.54) is 10.5 Å². The third-order valence-electron chi connectivity index (χ3n) is 2.51. The molecule has 0 radical (unpaired) electrons. The smallest absolute Gasteiger partial charge is 0.158 e. The molecule has 0 N–H and O–H groups in total. The van der Waals surface area contributed by atoms with Crippen LogP contribution >= 0.6 is 11.8 Å². The summed E-state index contributed by atoms with van der Waals surface area (Å²) in [5, 5.41) is 0. The highest BCUT2D eigenvalue weighted by Gasteiger charge is 2.13. The van der Waals surface area contributed by atoms with Crippen LogP contribution < -0.4 is 0 Å². The molecule has 2 aromatic rings. The van der Waals surface area contributed by atoms with E-state index in [-0.39, 0.29) is 0 Å². The lowest BCUT2D eigenvalue weighted by atomic mass is 10.2. The molecule has 0 saturated carbocycles. The molecular weight excluding hydrogens is 248 g/mol. The van der Waals surface area contributed by atoms with Crippen molar-refractivity contribution in [2.75, 3.05) is 6.26 Å². The van der Waals surface area contributed by atoms with Crippen molar-refractivity contribution >= 4 is 22.9 Å². The Balaban J connectivity index is 2.23. The lowest BCUT2D eigenvalue weighted by molar-refractivity contribution is 0.595. The van der Waals surface area contributed by atoms with E-state index in [1.807, 2.05) is 61.7 Å². The van der Waals surface area contributed by atoms with Crippen molar-refractivity contribution < 1.29 is 4.55 Å². The fraction of sp³-hybridized carbons (Fsp3) is 0.143. The molecule has 3 heteroatoms. The van der Waals surface area contributed by atoms with Crippen LogP contribution in [0.4, 0.5) is 0 Å². The van der Waals surface area contributed by atoms with Gasteiger partial charge < -0.3 is 4.55 Å². The predicted octanol–water partition coefficient (Wildman–Crippen LogP) is 3.88. The highest BCUT2D eigenvalue weighted by Crippen LogP contribution is 2.23. The van der Waals surface area contributed by atoms with E-state index < -0.39 is 11.2 Å². The number of hydrogen-bond donors (Lipinski definition) is 0. The van der Waals surface area contributed by atoms with Crippen LogP contribution in [0.25, 0.3) is 0 Å². The van der Waals surface area contributed by atoms with Crippen molar-refractivity contribution in [1.29, 1.82) is 0 Å². The Morgan fingerprint density at radius 1 is 0.882 bits per heavy atom. The Kier molecular flexibility index (Phi) is 4.15. The van der Waals surface area contributed by atoms with E-state index in [0.717, 1.165) is 9.79 Å². The van der Waals surface area contributed by atoms with Gasteiger partial charge in [-0.25, -0.2) is 0 Å². The van der Waals surface area contributed by atoms with Crippen LogP contribution in [-0.4, -0.2) is 10.8 Å². The Bertz CT molecular complexity index is 477. The van der Waals surface area contributed by atoms with Crippen LogP contribution in [0.5, 0.6) is 0 Å².